The molecule has 0 fully saturated rings. The molecule has 0 aromatic heterocycles. The Morgan fingerprint density at radius 1 is 0.786 bits per heavy atom. The second kappa shape index (κ2) is 11.0. The van der Waals surface area contributed by atoms with Crippen molar-refractivity contribution < 1.29 is 5.11 Å². The lowest BCUT2D eigenvalue weighted by atomic mass is 10.0. The molecule has 0 saturated carbocycles. The molecule has 0 aliphatic carbocycles. The van der Waals surface area contributed by atoms with E-state index < -0.39 is 0 Å². The van der Waals surface area contributed by atoms with E-state index in [1.807, 2.05) is 0 Å². The van der Waals surface area contributed by atoms with Crippen molar-refractivity contribution in [2.75, 3.05) is 0 Å². The summed E-state index contributed by atoms with van der Waals surface area (Å²) >= 11 is 0. The van der Waals surface area contributed by atoms with Crippen molar-refractivity contribution in [2.24, 2.45) is 0 Å². The Balaban J connectivity index is 2.92. The third kappa shape index (κ3) is 10.0. The number of unbranched alkanes of at least 4 members (excludes halogenated alkanes) is 7. The maximum atomic E-state index is 9.33. The van der Waals surface area contributed by atoms with Gasteiger partial charge in [-0.1, -0.05) is 65.2 Å². The summed E-state index contributed by atoms with van der Waals surface area (Å²) in [5.41, 5.74) is 0. The van der Waals surface area contributed by atoms with Gasteiger partial charge < -0.3 is 5.11 Å². The molecule has 0 radical (unpaired) electrons. The lowest BCUT2D eigenvalue weighted by Gasteiger charge is -2.06. The van der Waals surface area contributed by atoms with Gasteiger partial charge in [0.2, 0.25) is 0 Å². The van der Waals surface area contributed by atoms with Crippen molar-refractivity contribution in [3.05, 3.63) is 0 Å². The summed E-state index contributed by atoms with van der Waals surface area (Å²) in [5, 5.41) is 9.33. The fourth-order valence-electron chi connectivity index (χ4n) is 1.72. The van der Waals surface area contributed by atoms with Crippen LogP contribution in [0.25, 0.3) is 0 Å². The highest BCUT2D eigenvalue weighted by Gasteiger charge is 1.99. The number of aliphatic hydroxyl groups is 1. The van der Waals surface area contributed by atoms with Crippen molar-refractivity contribution in [1.29, 1.82) is 0 Å². The zero-order valence-corrected chi connectivity index (χ0v) is 10.1. The largest absolute Gasteiger partial charge is 0.393 e. The highest BCUT2D eigenvalue weighted by Crippen LogP contribution is 2.11. The average molecular weight is 200 g/mol. The van der Waals surface area contributed by atoms with E-state index in [0.717, 1.165) is 12.8 Å². The minimum absolute atomic E-state index is 0.0462. The van der Waals surface area contributed by atoms with Crippen molar-refractivity contribution in [3.63, 3.8) is 0 Å². The molecule has 14 heavy (non-hydrogen) atoms. The maximum Gasteiger partial charge on any atom is 0.0537 e. The molecule has 0 aromatic carbocycles. The number of hydrogen-bond acceptors (Lipinski definition) is 1. The molecule has 1 nitrogen and oxygen atoms in total. The fourth-order valence-corrected chi connectivity index (χ4v) is 1.72. The Hall–Kier alpha value is -0.0400. The summed E-state index contributed by atoms with van der Waals surface area (Å²) in [4.78, 5) is 0. The third-order valence-electron chi connectivity index (χ3n) is 2.86. The number of aliphatic hydroxyl groups excluding tert-OH is 1. The van der Waals surface area contributed by atoms with Crippen LogP contribution in [0.15, 0.2) is 0 Å². The minimum atomic E-state index is -0.0462. The number of hydrogen-bond donors (Lipinski definition) is 1. The van der Waals surface area contributed by atoms with E-state index in [4.69, 9.17) is 0 Å². The van der Waals surface area contributed by atoms with Gasteiger partial charge in [-0.05, 0) is 12.8 Å². The van der Waals surface area contributed by atoms with Crippen molar-refractivity contribution in [1.82, 2.24) is 0 Å². The lowest BCUT2D eigenvalue weighted by Crippen LogP contribution is -2.03. The second-order valence-electron chi connectivity index (χ2n) is 4.33. The van der Waals surface area contributed by atoms with E-state index >= 15 is 0 Å². The summed E-state index contributed by atoms with van der Waals surface area (Å²) in [6.45, 7) is 4.31. The third-order valence-corrected chi connectivity index (χ3v) is 2.86. The molecule has 1 atom stereocenters. The van der Waals surface area contributed by atoms with Gasteiger partial charge in [0.1, 0.15) is 0 Å². The van der Waals surface area contributed by atoms with Gasteiger partial charge >= 0.3 is 0 Å². The number of rotatable bonds is 10. The smallest absolute Gasteiger partial charge is 0.0537 e. The van der Waals surface area contributed by atoms with E-state index in [9.17, 15) is 5.11 Å². The molecule has 0 bridgehead atoms. The van der Waals surface area contributed by atoms with Crippen LogP contribution >= 0.6 is 0 Å². The second-order valence-corrected chi connectivity index (χ2v) is 4.33. The van der Waals surface area contributed by atoms with E-state index in [1.54, 1.807) is 0 Å². The minimum Gasteiger partial charge on any atom is -0.393 e. The summed E-state index contributed by atoms with van der Waals surface area (Å²) in [6.07, 6.45) is 12.7. The average Bonchev–Trinajstić information content (AvgIpc) is 2.21. The van der Waals surface area contributed by atoms with Crippen LogP contribution < -0.4 is 0 Å². The molecule has 0 heterocycles. The summed E-state index contributed by atoms with van der Waals surface area (Å²) in [7, 11) is 0. The van der Waals surface area contributed by atoms with Crippen LogP contribution in [0, 0.1) is 0 Å². The zero-order valence-electron chi connectivity index (χ0n) is 10.1. The fraction of sp³-hybridized carbons (Fsp3) is 1.00. The van der Waals surface area contributed by atoms with Crippen LogP contribution in [-0.2, 0) is 0 Å². The molecule has 0 amide bonds. The molecule has 0 unspecified atom stereocenters. The van der Waals surface area contributed by atoms with Gasteiger partial charge in [-0.25, -0.2) is 0 Å². The summed E-state index contributed by atoms with van der Waals surface area (Å²) < 4.78 is 0. The van der Waals surface area contributed by atoms with Crippen molar-refractivity contribution in [3.8, 4) is 0 Å². The van der Waals surface area contributed by atoms with Gasteiger partial charge in [-0.2, -0.15) is 0 Å². The van der Waals surface area contributed by atoms with Gasteiger partial charge in [0, 0.05) is 0 Å². The van der Waals surface area contributed by atoms with E-state index in [1.165, 1.54) is 51.4 Å². The lowest BCUT2D eigenvalue weighted by molar-refractivity contribution is 0.156. The first-order valence-electron chi connectivity index (χ1n) is 6.49. The first kappa shape index (κ1) is 14.0. The van der Waals surface area contributed by atoms with Gasteiger partial charge in [0.15, 0.2) is 0 Å². The first-order chi connectivity index (χ1) is 6.81. The van der Waals surface area contributed by atoms with Crippen LogP contribution in [-0.4, -0.2) is 11.2 Å². The van der Waals surface area contributed by atoms with E-state index in [-0.39, 0.29) is 6.10 Å². The molecule has 0 saturated heterocycles. The SMILES string of the molecule is CCCCCCCCCC[C@H](O)CC. The van der Waals surface area contributed by atoms with Gasteiger partial charge in [-0.15, -0.1) is 0 Å². The molecule has 1 N–H and O–H groups in total. The Kier molecular flexibility index (Phi) is 11.0. The summed E-state index contributed by atoms with van der Waals surface area (Å²) in [6, 6.07) is 0. The van der Waals surface area contributed by atoms with Crippen molar-refractivity contribution >= 4 is 0 Å². The molecular formula is C13H28O. The molecule has 0 spiro atoms. The predicted molar refractivity (Wildman–Crippen MR) is 63.5 cm³/mol. The maximum absolute atomic E-state index is 9.33. The van der Waals surface area contributed by atoms with Crippen LogP contribution in [0.3, 0.4) is 0 Å². The van der Waals surface area contributed by atoms with Crippen molar-refractivity contribution in [2.45, 2.75) is 84.2 Å². The monoisotopic (exact) mass is 200 g/mol. The van der Waals surface area contributed by atoms with E-state index in [0.29, 0.717) is 0 Å². The molecule has 0 aliphatic heterocycles. The normalized spacial score (nSPS) is 13.1. The Bertz CT molecular complexity index is 101. The molecule has 1 heteroatoms. The zero-order chi connectivity index (χ0) is 10.6. The molecule has 0 rings (SSSR count). The van der Waals surface area contributed by atoms with Gasteiger partial charge in [0.25, 0.3) is 0 Å². The predicted octanol–water partition coefficient (Wildman–Crippen LogP) is 4.29. The van der Waals surface area contributed by atoms with Crippen LogP contribution in [0.1, 0.15) is 78.1 Å². The quantitative estimate of drug-likeness (QED) is 0.522. The first-order valence-corrected chi connectivity index (χ1v) is 6.49. The van der Waals surface area contributed by atoms with Crippen LogP contribution in [0.5, 0.6) is 0 Å². The molecule has 86 valence electrons. The highest BCUT2D eigenvalue weighted by atomic mass is 16.3. The molecular weight excluding hydrogens is 172 g/mol. The molecule has 0 aliphatic rings. The van der Waals surface area contributed by atoms with Gasteiger partial charge in [-0.3, -0.25) is 0 Å². The Morgan fingerprint density at radius 3 is 1.79 bits per heavy atom. The standard InChI is InChI=1S/C13H28O/c1-3-5-6-7-8-9-10-11-12-13(14)4-2/h13-14H,3-12H2,1-2H3/t13-/m1/s1. The van der Waals surface area contributed by atoms with E-state index in [2.05, 4.69) is 13.8 Å². The highest BCUT2D eigenvalue weighted by molar-refractivity contribution is 4.53. The topological polar surface area (TPSA) is 20.2 Å². The molecule has 0 aromatic rings. The van der Waals surface area contributed by atoms with Gasteiger partial charge in [0.05, 0.1) is 6.10 Å². The Labute approximate surface area is 89.9 Å². The van der Waals surface area contributed by atoms with Crippen LogP contribution in [0.2, 0.25) is 0 Å². The Morgan fingerprint density at radius 2 is 1.29 bits per heavy atom. The summed E-state index contributed by atoms with van der Waals surface area (Å²) in [5.74, 6) is 0. The van der Waals surface area contributed by atoms with Crippen LogP contribution in [0.4, 0.5) is 0 Å².